The van der Waals surface area contributed by atoms with Gasteiger partial charge in [0, 0.05) is 48.5 Å². The first-order chi connectivity index (χ1) is 18.1. The summed E-state index contributed by atoms with van der Waals surface area (Å²) in [6, 6.07) is 27.0. The highest BCUT2D eigenvalue weighted by Gasteiger charge is 2.42. The summed E-state index contributed by atoms with van der Waals surface area (Å²) in [6.45, 7) is 6.52. The van der Waals surface area contributed by atoms with E-state index in [1.807, 2.05) is 30.3 Å². The molecule has 1 aromatic heterocycles. The number of para-hydroxylation sites is 2. The fourth-order valence-electron chi connectivity index (χ4n) is 6.27. The van der Waals surface area contributed by atoms with Crippen molar-refractivity contribution in [1.29, 1.82) is 0 Å². The molecule has 2 N–H and O–H groups in total. The lowest BCUT2D eigenvalue weighted by molar-refractivity contribution is 0.0299. The van der Waals surface area contributed by atoms with E-state index in [0.29, 0.717) is 5.69 Å². The number of anilines is 2. The topological polar surface area (TPSA) is 64.3 Å². The standard InChI is InChI=1S/C31H35N5O/c1-23-14-16-31(17-15-23,36-20-18-35(19-21-36)26-10-3-2-4-11-26)24-8-7-9-25(22-24)32-30(37)29-27-12-5-6-13-28(27)33-34-29/h2-13,22-23H,14-21H2,1H3,(H,32,37)(H,33,34)/t23-,31-. The molecule has 1 saturated carbocycles. The van der Waals surface area contributed by atoms with Crippen molar-refractivity contribution in [2.24, 2.45) is 5.92 Å². The predicted molar refractivity (Wildman–Crippen MR) is 150 cm³/mol. The Kier molecular flexibility index (Phi) is 6.43. The molecule has 6 rings (SSSR count). The van der Waals surface area contributed by atoms with Gasteiger partial charge in [0.25, 0.3) is 5.91 Å². The maximum atomic E-state index is 13.2. The van der Waals surface area contributed by atoms with Crippen LogP contribution in [0.25, 0.3) is 10.9 Å². The Bertz CT molecular complexity index is 1360. The summed E-state index contributed by atoms with van der Waals surface area (Å²) >= 11 is 0. The van der Waals surface area contributed by atoms with Gasteiger partial charge in [0.2, 0.25) is 0 Å². The summed E-state index contributed by atoms with van der Waals surface area (Å²) in [5.74, 6) is 0.576. The van der Waals surface area contributed by atoms with Crippen molar-refractivity contribution < 1.29 is 4.79 Å². The second kappa shape index (κ2) is 10.0. The number of hydrogen-bond donors (Lipinski definition) is 2. The zero-order valence-corrected chi connectivity index (χ0v) is 21.5. The molecule has 6 nitrogen and oxygen atoms in total. The minimum absolute atomic E-state index is 0.00899. The molecule has 1 amide bonds. The third-order valence-corrected chi connectivity index (χ3v) is 8.45. The third kappa shape index (κ3) is 4.62. The molecule has 1 aliphatic carbocycles. The maximum absolute atomic E-state index is 13.2. The van der Waals surface area contributed by atoms with Crippen LogP contribution in [0.3, 0.4) is 0 Å². The molecule has 6 heteroatoms. The first-order valence-corrected chi connectivity index (χ1v) is 13.5. The fraction of sp³-hybridized carbons (Fsp3) is 0.355. The molecule has 2 fully saturated rings. The largest absolute Gasteiger partial charge is 0.369 e. The number of aromatic amines is 1. The third-order valence-electron chi connectivity index (χ3n) is 8.45. The molecule has 0 radical (unpaired) electrons. The van der Waals surface area contributed by atoms with Gasteiger partial charge in [0.15, 0.2) is 5.69 Å². The van der Waals surface area contributed by atoms with E-state index in [2.05, 4.69) is 80.8 Å². The van der Waals surface area contributed by atoms with Crippen molar-refractivity contribution in [1.82, 2.24) is 15.1 Å². The van der Waals surface area contributed by atoms with Gasteiger partial charge < -0.3 is 10.2 Å². The van der Waals surface area contributed by atoms with Gasteiger partial charge in [-0.25, -0.2) is 0 Å². The van der Waals surface area contributed by atoms with Crippen LogP contribution in [0.15, 0.2) is 78.9 Å². The summed E-state index contributed by atoms with van der Waals surface area (Å²) in [5.41, 5.74) is 4.76. The van der Waals surface area contributed by atoms with Crippen molar-refractivity contribution in [2.45, 2.75) is 38.1 Å². The number of aromatic nitrogens is 2. The Balaban J connectivity index is 1.24. The Labute approximate surface area is 218 Å². The minimum atomic E-state index is -0.183. The number of amides is 1. The molecule has 2 heterocycles. The lowest BCUT2D eigenvalue weighted by Gasteiger charge is -2.51. The Morgan fingerprint density at radius 2 is 1.65 bits per heavy atom. The molecular formula is C31H35N5O. The van der Waals surface area contributed by atoms with Crippen LogP contribution >= 0.6 is 0 Å². The second-order valence-corrected chi connectivity index (χ2v) is 10.7. The van der Waals surface area contributed by atoms with Crippen LogP contribution in [0.5, 0.6) is 0 Å². The number of carbonyl (C=O) groups is 1. The molecule has 1 aliphatic heterocycles. The van der Waals surface area contributed by atoms with Crippen molar-refractivity contribution in [3.63, 3.8) is 0 Å². The van der Waals surface area contributed by atoms with Crippen molar-refractivity contribution in [2.75, 3.05) is 36.4 Å². The van der Waals surface area contributed by atoms with E-state index >= 15 is 0 Å². The average molecular weight is 494 g/mol. The van der Waals surface area contributed by atoms with Crippen LogP contribution in [-0.4, -0.2) is 47.2 Å². The van der Waals surface area contributed by atoms with Gasteiger partial charge in [0.1, 0.15) is 0 Å². The van der Waals surface area contributed by atoms with E-state index in [4.69, 9.17) is 0 Å². The molecule has 190 valence electrons. The lowest BCUT2D eigenvalue weighted by atomic mass is 9.71. The smallest absolute Gasteiger partial charge is 0.276 e. The number of H-pyrrole nitrogens is 1. The van der Waals surface area contributed by atoms with Gasteiger partial charge in [-0.3, -0.25) is 14.8 Å². The maximum Gasteiger partial charge on any atom is 0.276 e. The monoisotopic (exact) mass is 493 g/mol. The van der Waals surface area contributed by atoms with Gasteiger partial charge in [-0.15, -0.1) is 0 Å². The predicted octanol–water partition coefficient (Wildman–Crippen LogP) is 6.04. The summed E-state index contributed by atoms with van der Waals surface area (Å²) < 4.78 is 0. The molecule has 3 aromatic carbocycles. The first-order valence-electron chi connectivity index (χ1n) is 13.5. The second-order valence-electron chi connectivity index (χ2n) is 10.7. The Morgan fingerprint density at radius 3 is 2.43 bits per heavy atom. The highest BCUT2D eigenvalue weighted by atomic mass is 16.1. The van der Waals surface area contributed by atoms with Crippen molar-refractivity contribution in [3.8, 4) is 0 Å². The number of hydrogen-bond acceptors (Lipinski definition) is 4. The van der Waals surface area contributed by atoms with E-state index in [1.165, 1.54) is 24.1 Å². The molecule has 0 atom stereocenters. The lowest BCUT2D eigenvalue weighted by Crippen LogP contribution is -2.56. The van der Waals surface area contributed by atoms with Crippen LogP contribution in [0.1, 0.15) is 48.7 Å². The van der Waals surface area contributed by atoms with E-state index in [9.17, 15) is 4.79 Å². The number of piperazine rings is 1. The zero-order valence-electron chi connectivity index (χ0n) is 21.5. The average Bonchev–Trinajstić information content (AvgIpc) is 3.39. The van der Waals surface area contributed by atoms with Crippen LogP contribution < -0.4 is 10.2 Å². The summed E-state index contributed by atoms with van der Waals surface area (Å²) in [7, 11) is 0. The summed E-state index contributed by atoms with van der Waals surface area (Å²) in [5, 5.41) is 11.2. The highest BCUT2D eigenvalue weighted by Crippen LogP contribution is 2.45. The molecule has 2 aliphatic rings. The first kappa shape index (κ1) is 23.7. The Hall–Kier alpha value is -3.64. The van der Waals surface area contributed by atoms with E-state index in [0.717, 1.165) is 61.5 Å². The van der Waals surface area contributed by atoms with Gasteiger partial charge in [-0.2, -0.15) is 5.10 Å². The van der Waals surface area contributed by atoms with E-state index < -0.39 is 0 Å². The number of benzene rings is 3. The highest BCUT2D eigenvalue weighted by molar-refractivity contribution is 6.11. The molecule has 0 bridgehead atoms. The van der Waals surface area contributed by atoms with Crippen LogP contribution in [0, 0.1) is 5.92 Å². The quantitative estimate of drug-likeness (QED) is 0.356. The SMILES string of the molecule is C[C@H]1CC[C@](c2cccc(NC(=O)c3n[nH]c4ccccc34)c2)(N2CCN(c3ccccc3)CC2)CC1. The van der Waals surface area contributed by atoms with Crippen molar-refractivity contribution >= 4 is 28.2 Å². The van der Waals surface area contributed by atoms with Crippen LogP contribution in [0.2, 0.25) is 0 Å². The van der Waals surface area contributed by atoms with Gasteiger partial charge in [-0.05, 0) is 67.5 Å². The van der Waals surface area contributed by atoms with Gasteiger partial charge in [0.05, 0.1) is 5.52 Å². The Morgan fingerprint density at radius 1 is 0.919 bits per heavy atom. The zero-order chi connectivity index (χ0) is 25.2. The summed E-state index contributed by atoms with van der Waals surface area (Å²) in [4.78, 5) is 18.4. The van der Waals surface area contributed by atoms with Crippen molar-refractivity contribution in [3.05, 3.63) is 90.1 Å². The fourth-order valence-corrected chi connectivity index (χ4v) is 6.27. The number of fused-ring (bicyclic) bond motifs is 1. The molecule has 4 aromatic rings. The number of nitrogens with zero attached hydrogens (tertiary/aromatic N) is 3. The van der Waals surface area contributed by atoms with Gasteiger partial charge in [-0.1, -0.05) is 55.5 Å². The van der Waals surface area contributed by atoms with Gasteiger partial charge >= 0.3 is 0 Å². The molecular weight excluding hydrogens is 458 g/mol. The number of rotatable bonds is 5. The van der Waals surface area contributed by atoms with E-state index in [-0.39, 0.29) is 11.4 Å². The van der Waals surface area contributed by atoms with Crippen LogP contribution in [0.4, 0.5) is 11.4 Å². The van der Waals surface area contributed by atoms with Crippen LogP contribution in [-0.2, 0) is 5.54 Å². The molecule has 0 unspecified atom stereocenters. The number of nitrogens with one attached hydrogen (secondary N) is 2. The summed E-state index contributed by atoms with van der Waals surface area (Å²) in [6.07, 6.45) is 4.77. The molecule has 37 heavy (non-hydrogen) atoms. The molecule has 1 saturated heterocycles. The van der Waals surface area contributed by atoms with E-state index in [1.54, 1.807) is 0 Å². The minimum Gasteiger partial charge on any atom is -0.369 e. The normalized spacial score (nSPS) is 22.7. The number of carbonyl (C=O) groups excluding carboxylic acids is 1. The molecule has 0 spiro atoms.